The van der Waals surface area contributed by atoms with Crippen molar-refractivity contribution in [2.45, 2.75) is 0 Å². The smallest absolute Gasteiger partial charge is 0.135 e. The van der Waals surface area contributed by atoms with Gasteiger partial charge in [-0.05, 0) is 36.4 Å². The molecule has 3 aromatic rings. The highest BCUT2D eigenvalue weighted by atomic mass is 16.5. The van der Waals surface area contributed by atoms with Crippen LogP contribution in [0.2, 0.25) is 0 Å². The maximum atomic E-state index is 8.82. The van der Waals surface area contributed by atoms with Crippen LogP contribution < -0.4 is 15.4 Å². The minimum absolute atomic E-state index is 0.614. The van der Waals surface area contributed by atoms with Gasteiger partial charge < -0.3 is 15.4 Å². The third-order valence-corrected chi connectivity index (χ3v) is 3.30. The van der Waals surface area contributed by atoms with Crippen LogP contribution in [0.15, 0.2) is 60.9 Å². The first-order valence-corrected chi connectivity index (χ1v) is 7.27. The number of nitrogens with one attached hydrogen (secondary N) is 2. The van der Waals surface area contributed by atoms with E-state index >= 15 is 0 Å². The largest absolute Gasteiger partial charge is 0.497 e. The summed E-state index contributed by atoms with van der Waals surface area (Å²) < 4.78 is 5.21. The molecule has 6 nitrogen and oxygen atoms in total. The van der Waals surface area contributed by atoms with Crippen molar-refractivity contribution in [2.24, 2.45) is 0 Å². The number of anilines is 4. The topological polar surface area (TPSA) is 82.9 Å². The van der Waals surface area contributed by atoms with E-state index in [1.54, 1.807) is 25.3 Å². The molecule has 0 atom stereocenters. The Hall–Kier alpha value is -3.59. The van der Waals surface area contributed by atoms with Gasteiger partial charge in [-0.1, -0.05) is 6.07 Å². The van der Waals surface area contributed by atoms with Crippen molar-refractivity contribution >= 4 is 23.0 Å². The van der Waals surface area contributed by atoms with Crippen LogP contribution in [0.4, 0.5) is 23.0 Å². The summed E-state index contributed by atoms with van der Waals surface area (Å²) in [5.74, 6) is 2.08. The predicted octanol–water partition coefficient (Wildman–Crippen LogP) is 3.84. The Morgan fingerprint density at radius 3 is 2.29 bits per heavy atom. The van der Waals surface area contributed by atoms with Crippen LogP contribution in [-0.4, -0.2) is 17.1 Å². The Morgan fingerprint density at radius 1 is 0.917 bits per heavy atom. The molecule has 0 saturated heterocycles. The lowest BCUT2D eigenvalue weighted by Crippen LogP contribution is -1.98. The van der Waals surface area contributed by atoms with E-state index < -0.39 is 0 Å². The van der Waals surface area contributed by atoms with Gasteiger partial charge in [0.15, 0.2) is 0 Å². The Kier molecular flexibility index (Phi) is 4.54. The Labute approximate surface area is 139 Å². The summed E-state index contributed by atoms with van der Waals surface area (Å²) in [6.07, 6.45) is 1.48. The molecule has 0 saturated carbocycles. The molecular formula is C18H15N5O. The molecule has 2 aromatic carbocycles. The van der Waals surface area contributed by atoms with Gasteiger partial charge in [0.2, 0.25) is 0 Å². The SMILES string of the molecule is COc1cccc(Nc2cc(Nc3ccc(C#N)cc3)ncn2)c1. The van der Waals surface area contributed by atoms with E-state index in [9.17, 15) is 0 Å². The van der Waals surface area contributed by atoms with Crippen molar-refractivity contribution in [3.05, 3.63) is 66.5 Å². The lowest BCUT2D eigenvalue weighted by atomic mass is 10.2. The number of nitriles is 1. The minimum atomic E-state index is 0.614. The van der Waals surface area contributed by atoms with E-state index in [0.717, 1.165) is 17.1 Å². The van der Waals surface area contributed by atoms with E-state index in [-0.39, 0.29) is 0 Å². The Bertz CT molecular complexity index is 871. The van der Waals surface area contributed by atoms with Crippen LogP contribution in [0.1, 0.15) is 5.56 Å². The fourth-order valence-electron chi connectivity index (χ4n) is 2.12. The molecule has 1 heterocycles. The van der Waals surface area contributed by atoms with E-state index in [0.29, 0.717) is 17.2 Å². The number of rotatable bonds is 5. The van der Waals surface area contributed by atoms with Crippen molar-refractivity contribution in [2.75, 3.05) is 17.7 Å². The summed E-state index contributed by atoms with van der Waals surface area (Å²) in [5, 5.41) is 15.2. The van der Waals surface area contributed by atoms with Crippen LogP contribution in [0.25, 0.3) is 0 Å². The lowest BCUT2D eigenvalue weighted by Gasteiger charge is -2.09. The van der Waals surface area contributed by atoms with Gasteiger partial charge in [0.25, 0.3) is 0 Å². The van der Waals surface area contributed by atoms with Gasteiger partial charge in [-0.2, -0.15) is 5.26 Å². The molecule has 0 aliphatic carbocycles. The minimum Gasteiger partial charge on any atom is -0.497 e. The highest BCUT2D eigenvalue weighted by Gasteiger charge is 2.02. The molecule has 6 heteroatoms. The second-order valence-corrected chi connectivity index (χ2v) is 4.96. The van der Waals surface area contributed by atoms with Gasteiger partial charge in [0, 0.05) is 23.5 Å². The number of methoxy groups -OCH3 is 1. The molecule has 0 unspecified atom stereocenters. The van der Waals surface area contributed by atoms with Crippen molar-refractivity contribution < 1.29 is 4.74 Å². The van der Waals surface area contributed by atoms with E-state index in [2.05, 4.69) is 26.7 Å². The van der Waals surface area contributed by atoms with E-state index in [1.165, 1.54) is 6.33 Å². The van der Waals surface area contributed by atoms with Crippen molar-refractivity contribution in [1.82, 2.24) is 9.97 Å². The average molecular weight is 317 g/mol. The zero-order valence-corrected chi connectivity index (χ0v) is 13.0. The molecule has 0 fully saturated rings. The normalized spacial score (nSPS) is 9.83. The molecule has 2 N–H and O–H groups in total. The molecular weight excluding hydrogens is 302 g/mol. The van der Waals surface area contributed by atoms with Crippen LogP contribution in [0.3, 0.4) is 0 Å². The fraction of sp³-hybridized carbons (Fsp3) is 0.0556. The fourth-order valence-corrected chi connectivity index (χ4v) is 2.12. The molecule has 0 bridgehead atoms. The standard InChI is InChI=1S/C18H15N5O/c1-24-16-4-2-3-15(9-16)23-18-10-17(20-12-21-18)22-14-7-5-13(11-19)6-8-14/h2-10,12H,1H3,(H2,20,21,22,23). The molecule has 0 aliphatic rings. The van der Waals surface area contributed by atoms with Gasteiger partial charge in [-0.15, -0.1) is 0 Å². The number of aromatic nitrogens is 2. The quantitative estimate of drug-likeness (QED) is 0.744. The van der Waals surface area contributed by atoms with Gasteiger partial charge in [-0.3, -0.25) is 0 Å². The first-order chi connectivity index (χ1) is 11.8. The molecule has 1 aromatic heterocycles. The van der Waals surface area contributed by atoms with Gasteiger partial charge >= 0.3 is 0 Å². The molecule has 0 radical (unpaired) electrons. The number of hydrogen-bond acceptors (Lipinski definition) is 6. The van der Waals surface area contributed by atoms with Crippen molar-refractivity contribution in [3.8, 4) is 11.8 Å². The van der Waals surface area contributed by atoms with Crippen molar-refractivity contribution in [1.29, 1.82) is 5.26 Å². The summed E-state index contributed by atoms with van der Waals surface area (Å²) in [5.41, 5.74) is 2.33. The van der Waals surface area contributed by atoms with E-state index in [4.69, 9.17) is 10.00 Å². The summed E-state index contributed by atoms with van der Waals surface area (Å²) >= 11 is 0. The Morgan fingerprint density at radius 2 is 1.62 bits per heavy atom. The highest BCUT2D eigenvalue weighted by Crippen LogP contribution is 2.22. The second kappa shape index (κ2) is 7.11. The van der Waals surface area contributed by atoms with Gasteiger partial charge in [0.05, 0.1) is 18.7 Å². The van der Waals surface area contributed by atoms with Crippen molar-refractivity contribution in [3.63, 3.8) is 0 Å². The summed E-state index contributed by atoms with van der Waals surface area (Å²) in [7, 11) is 1.63. The number of benzene rings is 2. The molecule has 0 spiro atoms. The third kappa shape index (κ3) is 3.78. The van der Waals surface area contributed by atoms with Crippen LogP contribution in [0.5, 0.6) is 5.75 Å². The number of ether oxygens (including phenoxy) is 1. The maximum Gasteiger partial charge on any atom is 0.135 e. The molecule has 0 aliphatic heterocycles. The maximum absolute atomic E-state index is 8.82. The second-order valence-electron chi connectivity index (χ2n) is 4.96. The average Bonchev–Trinajstić information content (AvgIpc) is 2.63. The monoisotopic (exact) mass is 317 g/mol. The third-order valence-electron chi connectivity index (χ3n) is 3.30. The molecule has 0 amide bonds. The number of hydrogen-bond donors (Lipinski definition) is 2. The first-order valence-electron chi connectivity index (χ1n) is 7.27. The van der Waals surface area contributed by atoms with Gasteiger partial charge in [0.1, 0.15) is 23.7 Å². The summed E-state index contributed by atoms with van der Waals surface area (Å²) in [6.45, 7) is 0. The predicted molar refractivity (Wildman–Crippen MR) is 92.7 cm³/mol. The highest BCUT2D eigenvalue weighted by molar-refractivity contribution is 5.63. The molecule has 118 valence electrons. The van der Waals surface area contributed by atoms with Gasteiger partial charge in [-0.25, -0.2) is 9.97 Å². The van der Waals surface area contributed by atoms with Crippen LogP contribution >= 0.6 is 0 Å². The van der Waals surface area contributed by atoms with Crippen LogP contribution in [-0.2, 0) is 0 Å². The van der Waals surface area contributed by atoms with Crippen LogP contribution in [0, 0.1) is 11.3 Å². The zero-order chi connectivity index (χ0) is 16.8. The lowest BCUT2D eigenvalue weighted by molar-refractivity contribution is 0.415. The molecule has 24 heavy (non-hydrogen) atoms. The first kappa shape index (κ1) is 15.3. The number of nitrogens with zero attached hydrogens (tertiary/aromatic N) is 3. The summed E-state index contributed by atoms with van der Waals surface area (Å²) in [6, 6.07) is 18.6. The molecule has 3 rings (SSSR count). The Balaban J connectivity index is 1.74. The zero-order valence-electron chi connectivity index (χ0n) is 13.0. The van der Waals surface area contributed by atoms with E-state index in [1.807, 2.05) is 36.4 Å². The summed E-state index contributed by atoms with van der Waals surface area (Å²) in [4.78, 5) is 8.41.